The first-order valence-corrected chi connectivity index (χ1v) is 6.95. The number of aliphatic carboxylic acids is 1. The number of amides is 1. The van der Waals surface area contributed by atoms with Crippen LogP contribution in [0.15, 0.2) is 0 Å². The average molecular weight is 269 g/mol. The highest BCUT2D eigenvalue weighted by Gasteiger charge is 2.65. The molecule has 0 bridgehead atoms. The Labute approximate surface area is 113 Å². The summed E-state index contributed by atoms with van der Waals surface area (Å²) in [6, 6.07) is 0. The summed E-state index contributed by atoms with van der Waals surface area (Å²) >= 11 is 0. The van der Waals surface area contributed by atoms with Crippen molar-refractivity contribution in [3.63, 3.8) is 0 Å². The van der Waals surface area contributed by atoms with Crippen molar-refractivity contribution < 1.29 is 19.8 Å². The predicted molar refractivity (Wildman–Crippen MR) is 69.4 cm³/mol. The van der Waals surface area contributed by atoms with Gasteiger partial charge in [-0.15, -0.1) is 0 Å². The molecule has 0 heterocycles. The van der Waals surface area contributed by atoms with E-state index in [0.29, 0.717) is 6.54 Å². The van der Waals surface area contributed by atoms with E-state index in [2.05, 4.69) is 5.32 Å². The second kappa shape index (κ2) is 4.78. The number of carboxylic acid groups (broad SMARTS) is 1. The van der Waals surface area contributed by atoms with Crippen LogP contribution in [-0.4, -0.2) is 35.2 Å². The number of aliphatic hydroxyl groups excluding tert-OH is 1. The fraction of sp³-hybridized carbons (Fsp3) is 0.857. The summed E-state index contributed by atoms with van der Waals surface area (Å²) in [6.45, 7) is 4.17. The van der Waals surface area contributed by atoms with E-state index in [1.165, 1.54) is 0 Å². The lowest BCUT2D eigenvalue weighted by atomic mass is 9.87. The molecule has 0 aromatic rings. The molecule has 0 aromatic carbocycles. The van der Waals surface area contributed by atoms with Gasteiger partial charge >= 0.3 is 5.97 Å². The molecule has 0 spiro atoms. The van der Waals surface area contributed by atoms with Crippen molar-refractivity contribution in [3.8, 4) is 0 Å². The van der Waals surface area contributed by atoms with Crippen LogP contribution in [-0.2, 0) is 9.59 Å². The molecule has 108 valence electrons. The Morgan fingerprint density at radius 1 is 1.21 bits per heavy atom. The Kier molecular flexibility index (Phi) is 3.60. The lowest BCUT2D eigenvalue weighted by Crippen LogP contribution is -2.39. The second-order valence-corrected chi connectivity index (χ2v) is 6.70. The topological polar surface area (TPSA) is 86.6 Å². The molecule has 2 unspecified atom stereocenters. The summed E-state index contributed by atoms with van der Waals surface area (Å²) in [5.41, 5.74) is -0.647. The quantitative estimate of drug-likeness (QED) is 0.695. The van der Waals surface area contributed by atoms with E-state index >= 15 is 0 Å². The molecular weight excluding hydrogens is 246 g/mol. The van der Waals surface area contributed by atoms with E-state index in [9.17, 15) is 14.7 Å². The van der Waals surface area contributed by atoms with Crippen LogP contribution in [0.25, 0.3) is 0 Å². The standard InChI is InChI=1S/C14H23NO4/c1-13(2)9(10(13)12(18)19)11(17)15-7-14(8-16)5-3-4-6-14/h9-10,16H,3-8H2,1-2H3,(H,15,17)(H,18,19). The molecule has 0 aromatic heterocycles. The van der Waals surface area contributed by atoms with Gasteiger partial charge in [0.2, 0.25) is 5.91 Å². The molecule has 5 heteroatoms. The summed E-state index contributed by atoms with van der Waals surface area (Å²) in [5.74, 6) is -2.11. The third-order valence-electron chi connectivity index (χ3n) is 5.01. The monoisotopic (exact) mass is 269 g/mol. The maximum Gasteiger partial charge on any atom is 0.307 e. The predicted octanol–water partition coefficient (Wildman–Crippen LogP) is 1.01. The minimum absolute atomic E-state index is 0.0870. The molecule has 0 aliphatic heterocycles. The van der Waals surface area contributed by atoms with Crippen molar-refractivity contribution in [2.45, 2.75) is 39.5 Å². The van der Waals surface area contributed by atoms with Crippen molar-refractivity contribution in [3.05, 3.63) is 0 Å². The molecule has 0 radical (unpaired) electrons. The highest BCUT2D eigenvalue weighted by Crippen LogP contribution is 2.58. The number of hydrogen-bond acceptors (Lipinski definition) is 3. The Morgan fingerprint density at radius 2 is 1.79 bits per heavy atom. The second-order valence-electron chi connectivity index (χ2n) is 6.70. The highest BCUT2D eigenvalue weighted by molar-refractivity contribution is 5.91. The van der Waals surface area contributed by atoms with Gasteiger partial charge < -0.3 is 15.5 Å². The largest absolute Gasteiger partial charge is 0.481 e. The number of carbonyl (C=O) groups is 2. The summed E-state index contributed by atoms with van der Waals surface area (Å²) < 4.78 is 0. The van der Waals surface area contributed by atoms with E-state index in [0.717, 1.165) is 25.7 Å². The third kappa shape index (κ3) is 2.48. The number of hydrogen-bond donors (Lipinski definition) is 3. The Bertz CT molecular complexity index is 385. The van der Waals surface area contributed by atoms with Gasteiger partial charge in [-0.2, -0.15) is 0 Å². The van der Waals surface area contributed by atoms with Crippen LogP contribution in [0.2, 0.25) is 0 Å². The van der Waals surface area contributed by atoms with E-state index < -0.39 is 23.2 Å². The minimum Gasteiger partial charge on any atom is -0.481 e. The fourth-order valence-corrected chi connectivity index (χ4v) is 3.49. The minimum atomic E-state index is -0.900. The Morgan fingerprint density at radius 3 is 2.21 bits per heavy atom. The zero-order chi connectivity index (χ0) is 14.3. The lowest BCUT2D eigenvalue weighted by molar-refractivity contribution is -0.140. The molecule has 2 aliphatic carbocycles. The van der Waals surface area contributed by atoms with E-state index in [1.54, 1.807) is 0 Å². The van der Waals surface area contributed by atoms with Crippen LogP contribution in [0.3, 0.4) is 0 Å². The fourth-order valence-electron chi connectivity index (χ4n) is 3.49. The van der Waals surface area contributed by atoms with Gasteiger partial charge in [0.15, 0.2) is 0 Å². The van der Waals surface area contributed by atoms with Gasteiger partial charge in [0.05, 0.1) is 18.4 Å². The van der Waals surface area contributed by atoms with Crippen LogP contribution in [0, 0.1) is 22.7 Å². The average Bonchev–Trinajstić information content (AvgIpc) is 2.74. The van der Waals surface area contributed by atoms with Crippen LogP contribution in [0.4, 0.5) is 0 Å². The van der Waals surface area contributed by atoms with Crippen LogP contribution < -0.4 is 5.32 Å². The molecule has 5 nitrogen and oxygen atoms in total. The van der Waals surface area contributed by atoms with Gasteiger partial charge in [0, 0.05) is 12.0 Å². The van der Waals surface area contributed by atoms with Gasteiger partial charge in [-0.25, -0.2) is 0 Å². The molecule has 2 aliphatic rings. The Balaban J connectivity index is 1.91. The maximum atomic E-state index is 12.1. The van der Waals surface area contributed by atoms with Crippen LogP contribution in [0.1, 0.15) is 39.5 Å². The number of carboxylic acids is 1. The SMILES string of the molecule is CC1(C)C(C(=O)O)C1C(=O)NCC1(CO)CCCC1. The van der Waals surface area contributed by atoms with Gasteiger partial charge in [0.1, 0.15) is 0 Å². The highest BCUT2D eigenvalue weighted by atomic mass is 16.4. The van der Waals surface area contributed by atoms with Crippen molar-refractivity contribution >= 4 is 11.9 Å². The van der Waals surface area contributed by atoms with E-state index in [1.807, 2.05) is 13.8 Å². The van der Waals surface area contributed by atoms with Crippen molar-refractivity contribution in [1.82, 2.24) is 5.32 Å². The molecule has 1 amide bonds. The molecule has 2 saturated carbocycles. The maximum absolute atomic E-state index is 12.1. The van der Waals surface area contributed by atoms with Crippen molar-refractivity contribution in [2.24, 2.45) is 22.7 Å². The summed E-state index contributed by atoms with van der Waals surface area (Å²) in [7, 11) is 0. The zero-order valence-corrected chi connectivity index (χ0v) is 11.6. The first-order valence-electron chi connectivity index (χ1n) is 6.95. The molecule has 19 heavy (non-hydrogen) atoms. The number of carbonyl (C=O) groups excluding carboxylic acids is 1. The van der Waals surface area contributed by atoms with Crippen molar-refractivity contribution in [1.29, 1.82) is 0 Å². The summed E-state index contributed by atoms with van der Waals surface area (Å²) in [6.07, 6.45) is 4.03. The smallest absolute Gasteiger partial charge is 0.307 e. The summed E-state index contributed by atoms with van der Waals surface area (Å²) in [4.78, 5) is 23.1. The molecule has 2 rings (SSSR count). The third-order valence-corrected chi connectivity index (χ3v) is 5.01. The number of nitrogens with one attached hydrogen (secondary N) is 1. The lowest BCUT2D eigenvalue weighted by Gasteiger charge is -2.26. The normalized spacial score (nSPS) is 30.9. The molecule has 0 saturated heterocycles. The van der Waals surface area contributed by atoms with Crippen molar-refractivity contribution in [2.75, 3.05) is 13.2 Å². The molecule has 2 fully saturated rings. The van der Waals surface area contributed by atoms with Gasteiger partial charge in [0.25, 0.3) is 0 Å². The number of rotatable bonds is 5. The zero-order valence-electron chi connectivity index (χ0n) is 11.6. The Hall–Kier alpha value is -1.10. The van der Waals surface area contributed by atoms with Gasteiger partial charge in [-0.3, -0.25) is 9.59 Å². The van der Waals surface area contributed by atoms with Crippen LogP contribution >= 0.6 is 0 Å². The van der Waals surface area contributed by atoms with Gasteiger partial charge in [-0.05, 0) is 18.3 Å². The first-order chi connectivity index (χ1) is 8.84. The molecule has 2 atom stereocenters. The van der Waals surface area contributed by atoms with Crippen LogP contribution in [0.5, 0.6) is 0 Å². The number of aliphatic hydroxyl groups is 1. The summed E-state index contributed by atoms with van der Waals surface area (Å²) in [5, 5.41) is 21.4. The van der Waals surface area contributed by atoms with E-state index in [4.69, 9.17) is 5.11 Å². The van der Waals surface area contributed by atoms with Gasteiger partial charge in [-0.1, -0.05) is 26.7 Å². The molecular formula is C14H23NO4. The van der Waals surface area contributed by atoms with E-state index in [-0.39, 0.29) is 17.9 Å². The molecule has 3 N–H and O–H groups in total. The first kappa shape index (κ1) is 14.3.